The fraction of sp³-hybridized carbons (Fsp3) is 0.571. The number of carbonyl (C=O) groups is 2. The van der Waals surface area contributed by atoms with Crippen LogP contribution in [0.5, 0.6) is 0 Å². The lowest BCUT2D eigenvalue weighted by Crippen LogP contribution is -2.09. The van der Waals surface area contributed by atoms with E-state index in [0.29, 0.717) is 18.8 Å². The van der Waals surface area contributed by atoms with Gasteiger partial charge in [-0.3, -0.25) is 0 Å². The largest absolute Gasteiger partial charge is 0.478 e. The summed E-state index contributed by atoms with van der Waals surface area (Å²) in [5, 5.41) is 22.9. The average molecular weight is 322 g/mol. The Hall–Kier alpha value is -1.74. The molecule has 22 heavy (non-hydrogen) atoms. The van der Waals surface area contributed by atoms with Crippen LogP contribution in [0.1, 0.15) is 6.92 Å². The van der Waals surface area contributed by atoms with E-state index >= 15 is 0 Å². The number of aliphatic hydroxyl groups excluding tert-OH is 2. The summed E-state index contributed by atoms with van der Waals surface area (Å²) in [5.74, 6) is -1.32. The normalized spacial score (nSPS) is 13.6. The predicted octanol–water partition coefficient (Wildman–Crippen LogP) is -0.00490. The van der Waals surface area contributed by atoms with Crippen LogP contribution in [0.3, 0.4) is 0 Å². The molecule has 8 nitrogen and oxygen atoms in total. The highest BCUT2D eigenvalue weighted by Gasteiger charge is 2.24. The minimum absolute atomic E-state index is 0.125. The zero-order chi connectivity index (χ0) is 18.0. The summed E-state index contributed by atoms with van der Waals surface area (Å²) < 4.78 is 13.8. The Morgan fingerprint density at radius 2 is 1.68 bits per heavy atom. The van der Waals surface area contributed by atoms with E-state index in [4.69, 9.17) is 24.8 Å². The van der Waals surface area contributed by atoms with Crippen molar-refractivity contribution in [2.24, 2.45) is 0 Å². The SMILES string of the molecule is C=C(C)C(=O)OCC1CO1.C=CC(=O)O.COC.OCCO. The van der Waals surface area contributed by atoms with Crippen molar-refractivity contribution >= 4 is 11.9 Å². The van der Waals surface area contributed by atoms with Gasteiger partial charge in [-0.1, -0.05) is 13.2 Å². The Morgan fingerprint density at radius 1 is 1.32 bits per heavy atom. The third kappa shape index (κ3) is 30.9. The first kappa shape index (κ1) is 25.2. The molecule has 0 aromatic heterocycles. The monoisotopic (exact) mass is 322 g/mol. The van der Waals surface area contributed by atoms with Crippen molar-refractivity contribution in [3.8, 4) is 0 Å². The maximum atomic E-state index is 10.7. The van der Waals surface area contributed by atoms with Crippen LogP contribution in [0.25, 0.3) is 0 Å². The van der Waals surface area contributed by atoms with Crippen LogP contribution in [0.2, 0.25) is 0 Å². The molecule has 1 saturated heterocycles. The number of rotatable bonds is 5. The Kier molecular flexibility index (Phi) is 22.1. The number of aliphatic hydroxyl groups is 2. The standard InChI is InChI=1S/C7H10O3.C3H4O2.C2H6O2.C2H6O/c1-5(2)7(8)10-4-6-3-9-6;1-2-3(4)5;3-1-2-4;1-3-2/h6H,1,3-4H2,2H3;2H,1H2,(H,4,5);3-4H,1-2H2;1-2H3. The molecular weight excluding hydrogens is 296 g/mol. The van der Waals surface area contributed by atoms with E-state index in [2.05, 4.69) is 17.9 Å². The van der Waals surface area contributed by atoms with Crippen LogP contribution in [0.15, 0.2) is 24.8 Å². The summed E-state index contributed by atoms with van der Waals surface area (Å²) in [4.78, 5) is 19.9. The van der Waals surface area contributed by atoms with Gasteiger partial charge < -0.3 is 29.5 Å². The molecule has 1 unspecified atom stereocenters. The molecule has 1 aliphatic rings. The zero-order valence-electron chi connectivity index (χ0n) is 13.3. The summed E-state index contributed by atoms with van der Waals surface area (Å²) >= 11 is 0. The van der Waals surface area contributed by atoms with E-state index in [1.165, 1.54) is 0 Å². The van der Waals surface area contributed by atoms with Crippen LogP contribution in [0.4, 0.5) is 0 Å². The van der Waals surface area contributed by atoms with Crippen molar-refractivity contribution in [1.29, 1.82) is 0 Å². The minimum atomic E-state index is -0.981. The van der Waals surface area contributed by atoms with Crippen LogP contribution < -0.4 is 0 Å². The molecule has 1 fully saturated rings. The molecule has 0 aromatic carbocycles. The summed E-state index contributed by atoms with van der Waals surface area (Å²) in [6.45, 7) is 8.85. The molecule has 0 amide bonds. The first-order chi connectivity index (χ1) is 10.3. The Morgan fingerprint density at radius 3 is 1.86 bits per heavy atom. The lowest BCUT2D eigenvalue weighted by atomic mass is 10.4. The van der Waals surface area contributed by atoms with E-state index < -0.39 is 5.97 Å². The van der Waals surface area contributed by atoms with Crippen molar-refractivity contribution in [2.75, 3.05) is 40.6 Å². The van der Waals surface area contributed by atoms with Gasteiger partial charge in [0.2, 0.25) is 0 Å². The molecule has 0 bridgehead atoms. The fourth-order valence-electron chi connectivity index (χ4n) is 0.456. The van der Waals surface area contributed by atoms with Gasteiger partial charge in [0, 0.05) is 25.9 Å². The van der Waals surface area contributed by atoms with Gasteiger partial charge in [-0.05, 0) is 6.92 Å². The molecule has 1 rings (SSSR count). The highest BCUT2D eigenvalue weighted by Crippen LogP contribution is 2.09. The number of aliphatic carboxylic acids is 1. The smallest absolute Gasteiger partial charge is 0.333 e. The Labute approximate surface area is 130 Å². The number of hydrogen-bond acceptors (Lipinski definition) is 7. The summed E-state index contributed by atoms with van der Waals surface area (Å²) in [6, 6.07) is 0. The van der Waals surface area contributed by atoms with Crippen LogP contribution in [-0.4, -0.2) is 74.0 Å². The van der Waals surface area contributed by atoms with Gasteiger partial charge >= 0.3 is 11.9 Å². The van der Waals surface area contributed by atoms with Gasteiger partial charge in [0.05, 0.1) is 19.8 Å². The second kappa shape index (κ2) is 19.3. The van der Waals surface area contributed by atoms with Crippen molar-refractivity contribution in [3.63, 3.8) is 0 Å². The summed E-state index contributed by atoms with van der Waals surface area (Å²) in [6.07, 6.45) is 0.975. The Balaban J connectivity index is -0.000000255. The predicted molar refractivity (Wildman–Crippen MR) is 80.5 cm³/mol. The van der Waals surface area contributed by atoms with Gasteiger partial charge in [-0.15, -0.1) is 0 Å². The minimum Gasteiger partial charge on any atom is -0.478 e. The molecule has 1 aliphatic heterocycles. The number of esters is 1. The highest BCUT2D eigenvalue weighted by atomic mass is 16.6. The van der Waals surface area contributed by atoms with Crippen molar-refractivity contribution in [2.45, 2.75) is 13.0 Å². The molecule has 0 aromatic rings. The fourth-order valence-corrected chi connectivity index (χ4v) is 0.456. The molecule has 0 saturated carbocycles. The quantitative estimate of drug-likeness (QED) is 0.367. The number of methoxy groups -OCH3 is 1. The van der Waals surface area contributed by atoms with Gasteiger partial charge in [0.25, 0.3) is 0 Å². The van der Waals surface area contributed by atoms with E-state index in [0.717, 1.165) is 6.08 Å². The number of epoxide rings is 1. The topological polar surface area (TPSA) is 126 Å². The van der Waals surface area contributed by atoms with E-state index in [1.54, 1.807) is 21.1 Å². The van der Waals surface area contributed by atoms with Crippen molar-refractivity contribution in [1.82, 2.24) is 0 Å². The molecule has 0 radical (unpaired) electrons. The van der Waals surface area contributed by atoms with E-state index in [9.17, 15) is 9.59 Å². The highest BCUT2D eigenvalue weighted by molar-refractivity contribution is 5.86. The van der Waals surface area contributed by atoms with Crippen molar-refractivity contribution in [3.05, 3.63) is 24.8 Å². The summed E-state index contributed by atoms with van der Waals surface area (Å²) in [5.41, 5.74) is 0.431. The van der Waals surface area contributed by atoms with Crippen LogP contribution in [-0.2, 0) is 23.8 Å². The zero-order valence-corrected chi connectivity index (χ0v) is 13.3. The lowest BCUT2D eigenvalue weighted by Gasteiger charge is -1.99. The molecular formula is C14H26O8. The van der Waals surface area contributed by atoms with Crippen LogP contribution >= 0.6 is 0 Å². The molecule has 3 N–H and O–H groups in total. The second-order valence-electron chi connectivity index (χ2n) is 3.73. The number of carboxylic acid groups (broad SMARTS) is 1. The number of carboxylic acids is 1. The molecule has 8 heteroatoms. The maximum absolute atomic E-state index is 10.7. The summed E-state index contributed by atoms with van der Waals surface area (Å²) in [7, 11) is 3.25. The third-order valence-electron chi connectivity index (χ3n) is 1.43. The number of carbonyl (C=O) groups excluding carboxylic acids is 1. The second-order valence-corrected chi connectivity index (χ2v) is 3.73. The Bertz CT molecular complexity index is 308. The number of hydrogen-bond donors (Lipinski definition) is 3. The maximum Gasteiger partial charge on any atom is 0.333 e. The van der Waals surface area contributed by atoms with E-state index in [1.807, 2.05) is 0 Å². The molecule has 1 atom stereocenters. The lowest BCUT2D eigenvalue weighted by molar-refractivity contribution is -0.139. The van der Waals surface area contributed by atoms with Gasteiger partial charge in [0.15, 0.2) is 0 Å². The first-order valence-electron chi connectivity index (χ1n) is 6.21. The molecule has 0 aliphatic carbocycles. The number of ether oxygens (including phenoxy) is 3. The van der Waals surface area contributed by atoms with Crippen LogP contribution in [0, 0.1) is 0 Å². The molecule has 0 spiro atoms. The van der Waals surface area contributed by atoms with Crippen molar-refractivity contribution < 1.29 is 39.1 Å². The van der Waals surface area contributed by atoms with Gasteiger partial charge in [-0.2, -0.15) is 0 Å². The van der Waals surface area contributed by atoms with Gasteiger partial charge in [0.1, 0.15) is 12.7 Å². The van der Waals surface area contributed by atoms with E-state index in [-0.39, 0.29) is 25.3 Å². The molecule has 1 heterocycles. The van der Waals surface area contributed by atoms with Gasteiger partial charge in [-0.25, -0.2) is 9.59 Å². The third-order valence-corrected chi connectivity index (χ3v) is 1.43. The first-order valence-corrected chi connectivity index (χ1v) is 6.21. The average Bonchev–Trinajstić information content (AvgIpc) is 3.30. The molecule has 130 valence electrons.